The lowest BCUT2D eigenvalue weighted by Crippen LogP contribution is -2.08. The minimum atomic E-state index is -4.48. The molecule has 0 atom stereocenters. The molecule has 0 saturated heterocycles. The summed E-state index contributed by atoms with van der Waals surface area (Å²) in [5, 5.41) is 0. The Hall–Kier alpha value is -2.71. The fourth-order valence-corrected chi connectivity index (χ4v) is 2.45. The molecule has 132 valence electrons. The molecule has 1 aromatic carbocycles. The van der Waals surface area contributed by atoms with Gasteiger partial charge >= 0.3 is 6.18 Å². The predicted octanol–water partition coefficient (Wildman–Crippen LogP) is 4.30. The molecule has 2 aromatic heterocycles. The molecule has 0 amide bonds. The Bertz CT molecular complexity index is 904. The maximum absolute atomic E-state index is 12.9. The van der Waals surface area contributed by atoms with Gasteiger partial charge in [0.1, 0.15) is 18.2 Å². The van der Waals surface area contributed by atoms with Crippen LogP contribution >= 0.6 is 0 Å². The summed E-state index contributed by atoms with van der Waals surface area (Å²) in [5.74, 6) is 0.373. The van der Waals surface area contributed by atoms with Gasteiger partial charge in [-0.3, -0.25) is 4.98 Å². The lowest BCUT2D eigenvalue weighted by atomic mass is 10.2. The summed E-state index contributed by atoms with van der Waals surface area (Å²) in [7, 11) is 1.62. The molecular formula is C16H12F5N3O. The number of halogens is 5. The van der Waals surface area contributed by atoms with Crippen molar-refractivity contribution in [2.45, 2.75) is 12.6 Å². The standard InChI is InChI=1S/C16H12F5N3O/c1-24-12-3-2-9(16(19,20)21)6-11(12)23-15(24)10-4-5-22-7-13(10)25-8-14(17)18/h2-7,14H,8H2,1H3. The molecule has 25 heavy (non-hydrogen) atoms. The van der Waals surface area contributed by atoms with Crippen LogP contribution in [0.4, 0.5) is 22.0 Å². The SMILES string of the molecule is Cn1c(-c2ccncc2OCC(F)F)nc2cc(C(F)(F)F)ccc21. The third-order valence-electron chi connectivity index (χ3n) is 3.60. The minimum absolute atomic E-state index is 0.0808. The maximum atomic E-state index is 12.9. The molecular weight excluding hydrogens is 345 g/mol. The first-order valence-corrected chi connectivity index (χ1v) is 7.16. The molecule has 0 aliphatic rings. The van der Waals surface area contributed by atoms with Crippen LogP contribution in [0.5, 0.6) is 5.75 Å². The lowest BCUT2D eigenvalue weighted by Gasteiger charge is -2.10. The molecule has 0 aliphatic heterocycles. The zero-order valence-corrected chi connectivity index (χ0v) is 12.9. The fraction of sp³-hybridized carbons (Fsp3) is 0.250. The summed E-state index contributed by atoms with van der Waals surface area (Å²) in [4.78, 5) is 8.04. The predicted molar refractivity (Wildman–Crippen MR) is 80.4 cm³/mol. The Morgan fingerprint density at radius 3 is 2.64 bits per heavy atom. The number of fused-ring (bicyclic) bond motifs is 1. The van der Waals surface area contributed by atoms with Crippen molar-refractivity contribution in [3.8, 4) is 17.1 Å². The first-order valence-electron chi connectivity index (χ1n) is 7.16. The summed E-state index contributed by atoms with van der Waals surface area (Å²) in [5.41, 5.74) is 0.167. The highest BCUT2D eigenvalue weighted by atomic mass is 19.4. The van der Waals surface area contributed by atoms with Gasteiger partial charge in [0.25, 0.3) is 6.43 Å². The molecule has 0 saturated carbocycles. The normalized spacial score (nSPS) is 12.1. The van der Waals surface area contributed by atoms with Crippen molar-refractivity contribution in [2.75, 3.05) is 6.61 Å². The lowest BCUT2D eigenvalue weighted by molar-refractivity contribution is -0.137. The molecule has 0 N–H and O–H groups in total. The molecule has 4 nitrogen and oxygen atoms in total. The Balaban J connectivity index is 2.09. The number of alkyl halides is 5. The molecule has 0 spiro atoms. The number of hydrogen-bond donors (Lipinski definition) is 0. The number of nitrogens with zero attached hydrogens (tertiary/aromatic N) is 3. The van der Waals surface area contributed by atoms with E-state index < -0.39 is 24.8 Å². The van der Waals surface area contributed by atoms with E-state index in [1.54, 1.807) is 11.6 Å². The number of ether oxygens (including phenoxy) is 1. The van der Waals surface area contributed by atoms with Crippen molar-refractivity contribution in [3.63, 3.8) is 0 Å². The van der Waals surface area contributed by atoms with Crippen LogP contribution in [0.15, 0.2) is 36.7 Å². The Kier molecular flexibility index (Phi) is 4.32. The second kappa shape index (κ2) is 6.30. The molecule has 0 fully saturated rings. The number of hydrogen-bond acceptors (Lipinski definition) is 3. The molecule has 9 heteroatoms. The Morgan fingerprint density at radius 1 is 1.20 bits per heavy atom. The van der Waals surface area contributed by atoms with E-state index in [9.17, 15) is 22.0 Å². The number of pyridine rings is 1. The van der Waals surface area contributed by atoms with Gasteiger partial charge in [0, 0.05) is 13.2 Å². The van der Waals surface area contributed by atoms with Gasteiger partial charge in [0.05, 0.1) is 28.4 Å². The van der Waals surface area contributed by atoms with E-state index in [4.69, 9.17) is 4.74 Å². The van der Waals surface area contributed by atoms with E-state index in [0.29, 0.717) is 16.9 Å². The smallest absolute Gasteiger partial charge is 0.416 e. The van der Waals surface area contributed by atoms with Gasteiger partial charge in [-0.2, -0.15) is 13.2 Å². The maximum Gasteiger partial charge on any atom is 0.416 e. The van der Waals surface area contributed by atoms with Crippen LogP contribution in [0.3, 0.4) is 0 Å². The molecule has 0 radical (unpaired) electrons. The summed E-state index contributed by atoms with van der Waals surface area (Å²) in [6, 6.07) is 4.73. The van der Waals surface area contributed by atoms with Gasteiger partial charge in [-0.1, -0.05) is 0 Å². The van der Waals surface area contributed by atoms with Gasteiger partial charge < -0.3 is 9.30 Å². The zero-order valence-electron chi connectivity index (χ0n) is 12.9. The largest absolute Gasteiger partial charge is 0.485 e. The van der Waals surface area contributed by atoms with Gasteiger partial charge in [-0.05, 0) is 24.3 Å². The summed E-state index contributed by atoms with van der Waals surface area (Å²) in [6.07, 6.45) is -4.46. The second-order valence-electron chi connectivity index (χ2n) is 5.27. The third kappa shape index (κ3) is 3.40. The molecule has 3 aromatic rings. The van der Waals surface area contributed by atoms with E-state index in [1.807, 2.05) is 0 Å². The van der Waals surface area contributed by atoms with Crippen molar-refractivity contribution in [1.82, 2.24) is 14.5 Å². The van der Waals surface area contributed by atoms with Crippen LogP contribution in [0.25, 0.3) is 22.4 Å². The zero-order chi connectivity index (χ0) is 18.2. The first-order chi connectivity index (χ1) is 11.8. The van der Waals surface area contributed by atoms with Crippen molar-refractivity contribution in [1.29, 1.82) is 0 Å². The summed E-state index contributed by atoms with van der Waals surface area (Å²) < 4.78 is 69.9. The average molecular weight is 357 g/mol. The van der Waals surface area contributed by atoms with Crippen LogP contribution in [-0.2, 0) is 13.2 Å². The highest BCUT2D eigenvalue weighted by molar-refractivity contribution is 5.82. The van der Waals surface area contributed by atoms with E-state index in [0.717, 1.165) is 12.1 Å². The summed E-state index contributed by atoms with van der Waals surface area (Å²) >= 11 is 0. The minimum Gasteiger partial charge on any atom is -0.485 e. The molecule has 0 aliphatic carbocycles. The fourth-order valence-electron chi connectivity index (χ4n) is 2.45. The molecule has 2 heterocycles. The van der Waals surface area contributed by atoms with E-state index in [-0.39, 0.29) is 11.3 Å². The summed E-state index contributed by atoms with van der Waals surface area (Å²) in [6.45, 7) is -0.819. The van der Waals surface area contributed by atoms with Gasteiger partial charge in [-0.15, -0.1) is 0 Å². The Morgan fingerprint density at radius 2 is 1.96 bits per heavy atom. The average Bonchev–Trinajstić information content (AvgIpc) is 2.89. The number of benzene rings is 1. The van der Waals surface area contributed by atoms with Crippen molar-refractivity contribution < 1.29 is 26.7 Å². The van der Waals surface area contributed by atoms with Crippen LogP contribution in [0.1, 0.15) is 5.56 Å². The highest BCUT2D eigenvalue weighted by Gasteiger charge is 2.31. The Labute approximate surface area is 138 Å². The number of aryl methyl sites for hydroxylation is 1. The van der Waals surface area contributed by atoms with Crippen LogP contribution in [0.2, 0.25) is 0 Å². The van der Waals surface area contributed by atoms with E-state index >= 15 is 0 Å². The molecule has 0 unspecified atom stereocenters. The van der Waals surface area contributed by atoms with Crippen molar-refractivity contribution in [2.24, 2.45) is 7.05 Å². The van der Waals surface area contributed by atoms with Crippen LogP contribution < -0.4 is 4.74 Å². The number of rotatable bonds is 4. The van der Waals surface area contributed by atoms with Crippen LogP contribution in [0, 0.1) is 0 Å². The van der Waals surface area contributed by atoms with Gasteiger partial charge in [0.2, 0.25) is 0 Å². The van der Waals surface area contributed by atoms with E-state index in [1.165, 1.54) is 24.5 Å². The van der Waals surface area contributed by atoms with Gasteiger partial charge in [0.15, 0.2) is 0 Å². The first kappa shape index (κ1) is 17.1. The number of imidazole rings is 1. The van der Waals surface area contributed by atoms with Crippen LogP contribution in [-0.4, -0.2) is 27.6 Å². The third-order valence-corrected chi connectivity index (χ3v) is 3.60. The second-order valence-corrected chi connectivity index (χ2v) is 5.27. The van der Waals surface area contributed by atoms with E-state index in [2.05, 4.69) is 9.97 Å². The number of aromatic nitrogens is 3. The molecule has 0 bridgehead atoms. The van der Waals surface area contributed by atoms with Crippen molar-refractivity contribution in [3.05, 3.63) is 42.2 Å². The monoisotopic (exact) mass is 357 g/mol. The quantitative estimate of drug-likeness (QED) is 0.654. The molecule has 3 rings (SSSR count). The highest BCUT2D eigenvalue weighted by Crippen LogP contribution is 2.34. The van der Waals surface area contributed by atoms with Gasteiger partial charge in [-0.25, -0.2) is 13.8 Å². The van der Waals surface area contributed by atoms with Crippen molar-refractivity contribution >= 4 is 11.0 Å². The topological polar surface area (TPSA) is 39.9 Å².